The van der Waals surface area contributed by atoms with Crippen molar-refractivity contribution in [2.24, 2.45) is 0 Å². The largest absolute Gasteiger partial charge is 0.486 e. The van der Waals surface area contributed by atoms with Gasteiger partial charge in [-0.2, -0.15) is 18.3 Å². The van der Waals surface area contributed by atoms with Crippen molar-refractivity contribution in [2.45, 2.75) is 52.4 Å². The molecule has 0 aliphatic rings. The number of nitrogens with one attached hydrogen (secondary N) is 1. The van der Waals surface area contributed by atoms with Gasteiger partial charge in [0, 0.05) is 18.8 Å². The molecule has 0 aliphatic heterocycles. The van der Waals surface area contributed by atoms with Gasteiger partial charge in [0.05, 0.1) is 0 Å². The molecule has 9 heteroatoms. The van der Waals surface area contributed by atoms with Gasteiger partial charge in [-0.25, -0.2) is 0 Å². The van der Waals surface area contributed by atoms with Gasteiger partial charge in [0.1, 0.15) is 18.1 Å². The molecule has 172 valence electrons. The number of alkyl halides is 3. The van der Waals surface area contributed by atoms with E-state index >= 15 is 0 Å². The lowest BCUT2D eigenvalue weighted by Gasteiger charge is -2.08. The maximum absolute atomic E-state index is 12.7. The van der Waals surface area contributed by atoms with Crippen LogP contribution in [0.15, 0.2) is 46.9 Å². The Balaban J connectivity index is 1.43. The summed E-state index contributed by atoms with van der Waals surface area (Å²) in [5.41, 5.74) is 0.719. The Morgan fingerprint density at radius 2 is 1.91 bits per heavy atom. The highest BCUT2D eigenvalue weighted by Crippen LogP contribution is 2.28. The number of rotatable bonds is 9. The fourth-order valence-electron chi connectivity index (χ4n) is 3.07. The lowest BCUT2D eigenvalue weighted by Crippen LogP contribution is -2.25. The molecule has 1 aromatic carbocycles. The number of benzene rings is 1. The summed E-state index contributed by atoms with van der Waals surface area (Å²) >= 11 is 0. The van der Waals surface area contributed by atoms with Crippen molar-refractivity contribution in [3.8, 4) is 5.75 Å². The number of furan rings is 1. The van der Waals surface area contributed by atoms with Crippen molar-refractivity contribution in [1.82, 2.24) is 15.1 Å². The normalized spacial score (nSPS) is 11.7. The van der Waals surface area contributed by atoms with E-state index in [-0.39, 0.29) is 25.5 Å². The van der Waals surface area contributed by atoms with Crippen LogP contribution in [0.25, 0.3) is 0 Å². The van der Waals surface area contributed by atoms with Crippen molar-refractivity contribution < 1.29 is 27.1 Å². The van der Waals surface area contributed by atoms with Gasteiger partial charge in [-0.3, -0.25) is 9.48 Å². The number of hydrogen-bond donors (Lipinski definition) is 1. The first-order valence-electron chi connectivity index (χ1n) is 10.3. The molecule has 0 bridgehead atoms. The minimum Gasteiger partial charge on any atom is -0.486 e. The second-order valence-corrected chi connectivity index (χ2v) is 7.78. The number of carbonyl (C=O) groups is 1. The predicted octanol–water partition coefficient (Wildman–Crippen LogP) is 5.33. The maximum Gasteiger partial charge on any atom is 0.435 e. The zero-order chi connectivity index (χ0) is 23.3. The summed E-state index contributed by atoms with van der Waals surface area (Å²) in [6, 6.07) is 12.0. The van der Waals surface area contributed by atoms with Crippen LogP contribution in [0.2, 0.25) is 0 Å². The first-order valence-corrected chi connectivity index (χ1v) is 10.3. The van der Waals surface area contributed by atoms with Crippen molar-refractivity contribution in [3.05, 3.63) is 70.9 Å². The third-order valence-electron chi connectivity index (χ3n) is 4.92. The minimum atomic E-state index is -4.47. The van der Waals surface area contributed by atoms with Gasteiger partial charge in [0.2, 0.25) is 0 Å². The minimum absolute atomic E-state index is 0.147. The Hall–Kier alpha value is -3.23. The zero-order valence-corrected chi connectivity index (χ0v) is 18.2. The molecular weight excluding hydrogens is 423 g/mol. The molecule has 0 fully saturated rings. The van der Waals surface area contributed by atoms with Gasteiger partial charge in [0.25, 0.3) is 5.91 Å². The number of hydrogen-bond acceptors (Lipinski definition) is 4. The summed E-state index contributed by atoms with van der Waals surface area (Å²) in [5, 5.41) is 6.26. The average Bonchev–Trinajstić information content (AvgIpc) is 3.36. The Labute approximate surface area is 184 Å². The highest BCUT2D eigenvalue weighted by molar-refractivity contribution is 5.91. The van der Waals surface area contributed by atoms with Crippen LogP contribution in [0.5, 0.6) is 5.75 Å². The molecule has 3 rings (SSSR count). The highest BCUT2D eigenvalue weighted by Gasteiger charge is 2.34. The van der Waals surface area contributed by atoms with E-state index in [1.54, 1.807) is 19.1 Å². The number of aryl methyl sites for hydroxylation is 2. The summed E-state index contributed by atoms with van der Waals surface area (Å²) < 4.78 is 50.6. The van der Waals surface area contributed by atoms with Gasteiger partial charge >= 0.3 is 6.18 Å². The van der Waals surface area contributed by atoms with E-state index in [9.17, 15) is 18.0 Å². The number of halogens is 3. The Bertz CT molecular complexity index is 1040. The van der Waals surface area contributed by atoms with Crippen LogP contribution in [-0.4, -0.2) is 22.2 Å². The third-order valence-corrected chi connectivity index (χ3v) is 4.92. The number of ether oxygens (including phenoxy) is 1. The molecule has 0 saturated carbocycles. The number of carbonyl (C=O) groups excluding carboxylic acids is 1. The zero-order valence-electron chi connectivity index (χ0n) is 18.2. The molecule has 0 atom stereocenters. The first-order chi connectivity index (χ1) is 15.1. The molecule has 0 unspecified atom stereocenters. The second-order valence-electron chi connectivity index (χ2n) is 7.78. The van der Waals surface area contributed by atoms with Gasteiger partial charge < -0.3 is 14.5 Å². The van der Waals surface area contributed by atoms with Crippen LogP contribution >= 0.6 is 0 Å². The molecule has 2 heterocycles. The monoisotopic (exact) mass is 449 g/mol. The summed E-state index contributed by atoms with van der Waals surface area (Å²) in [4.78, 5) is 12.2. The van der Waals surface area contributed by atoms with E-state index in [1.807, 2.05) is 24.3 Å². The fraction of sp³-hybridized carbons (Fsp3) is 0.391. The summed E-state index contributed by atoms with van der Waals surface area (Å²) in [6.07, 6.45) is -4.04. The van der Waals surface area contributed by atoms with Crippen molar-refractivity contribution in [1.29, 1.82) is 0 Å². The SMILES string of the molecule is Cc1cc(C(F)(F)F)nn1CCCNC(=O)c1ccc(COc2ccc(C(C)C)cc2)o1. The summed E-state index contributed by atoms with van der Waals surface area (Å²) in [7, 11) is 0. The molecule has 0 saturated heterocycles. The average molecular weight is 449 g/mol. The molecule has 0 radical (unpaired) electrons. The maximum atomic E-state index is 12.7. The van der Waals surface area contributed by atoms with Gasteiger partial charge in [-0.15, -0.1) is 0 Å². The smallest absolute Gasteiger partial charge is 0.435 e. The van der Waals surface area contributed by atoms with E-state index in [0.29, 0.717) is 29.5 Å². The van der Waals surface area contributed by atoms with E-state index < -0.39 is 17.8 Å². The molecule has 0 aliphatic carbocycles. The molecule has 6 nitrogen and oxygen atoms in total. The second kappa shape index (κ2) is 9.93. The van der Waals surface area contributed by atoms with Gasteiger partial charge in [-0.1, -0.05) is 26.0 Å². The van der Waals surface area contributed by atoms with Crippen LogP contribution in [0.3, 0.4) is 0 Å². The molecule has 1 N–H and O–H groups in total. The standard InChI is InChI=1S/C23H26F3N3O3/c1-15(2)17-5-7-18(8-6-17)31-14-19-9-10-20(32-19)22(30)27-11-4-12-29-16(3)13-21(28-29)23(24,25)26/h5-10,13,15H,4,11-12,14H2,1-3H3,(H,27,30). The van der Waals surface area contributed by atoms with Crippen molar-refractivity contribution in [2.75, 3.05) is 6.54 Å². The van der Waals surface area contributed by atoms with Gasteiger partial charge in [-0.05, 0) is 55.2 Å². The Kier molecular flexibility index (Phi) is 7.27. The van der Waals surface area contributed by atoms with Crippen molar-refractivity contribution in [3.63, 3.8) is 0 Å². The lowest BCUT2D eigenvalue weighted by molar-refractivity contribution is -0.141. The van der Waals surface area contributed by atoms with E-state index in [0.717, 1.165) is 6.07 Å². The fourth-order valence-corrected chi connectivity index (χ4v) is 3.07. The summed E-state index contributed by atoms with van der Waals surface area (Å²) in [5.74, 6) is 1.41. The van der Waals surface area contributed by atoms with E-state index in [2.05, 4.69) is 24.3 Å². The summed E-state index contributed by atoms with van der Waals surface area (Å²) in [6.45, 7) is 6.52. The quantitative estimate of drug-likeness (QED) is 0.449. The molecule has 32 heavy (non-hydrogen) atoms. The van der Waals surface area contributed by atoms with E-state index in [4.69, 9.17) is 9.15 Å². The Morgan fingerprint density at radius 1 is 1.19 bits per heavy atom. The van der Waals surface area contributed by atoms with Crippen LogP contribution in [0, 0.1) is 6.92 Å². The van der Waals surface area contributed by atoms with Crippen LogP contribution in [0.1, 0.15) is 59.5 Å². The number of aromatic nitrogens is 2. The van der Waals surface area contributed by atoms with E-state index in [1.165, 1.54) is 10.2 Å². The third kappa shape index (κ3) is 6.15. The number of amides is 1. The predicted molar refractivity (Wildman–Crippen MR) is 112 cm³/mol. The Morgan fingerprint density at radius 3 is 2.53 bits per heavy atom. The lowest BCUT2D eigenvalue weighted by atomic mass is 10.0. The van der Waals surface area contributed by atoms with Crippen LogP contribution < -0.4 is 10.1 Å². The van der Waals surface area contributed by atoms with Crippen LogP contribution in [0.4, 0.5) is 13.2 Å². The first kappa shape index (κ1) is 23.4. The van der Waals surface area contributed by atoms with Gasteiger partial charge in [0.15, 0.2) is 11.5 Å². The topological polar surface area (TPSA) is 69.3 Å². The molecule has 0 spiro atoms. The molecule has 1 amide bonds. The molecule has 3 aromatic rings. The molecule has 2 aromatic heterocycles. The van der Waals surface area contributed by atoms with Crippen LogP contribution in [-0.2, 0) is 19.3 Å². The molecular formula is C23H26F3N3O3. The van der Waals surface area contributed by atoms with Crippen molar-refractivity contribution >= 4 is 5.91 Å². The highest BCUT2D eigenvalue weighted by atomic mass is 19.4. The number of nitrogens with zero attached hydrogens (tertiary/aromatic N) is 2.